The zero-order chi connectivity index (χ0) is 20.7. The molecular weight excluding hydrogens is 400 g/mol. The summed E-state index contributed by atoms with van der Waals surface area (Å²) in [5.74, 6) is -3.93. The van der Waals surface area contributed by atoms with Crippen LogP contribution in [0, 0.1) is 23.5 Å². The molecule has 2 aromatic rings. The van der Waals surface area contributed by atoms with E-state index in [9.17, 15) is 23.2 Å². The van der Waals surface area contributed by atoms with Gasteiger partial charge in [0, 0.05) is 10.9 Å². The van der Waals surface area contributed by atoms with E-state index in [2.05, 4.69) is 10.3 Å². The topological polar surface area (TPSA) is 79.4 Å². The van der Waals surface area contributed by atoms with Crippen LogP contribution in [0.2, 0.25) is 0 Å². The fourth-order valence-electron chi connectivity index (χ4n) is 3.65. The van der Waals surface area contributed by atoms with Crippen molar-refractivity contribution in [2.45, 2.75) is 25.8 Å². The molecule has 3 atom stereocenters. The fraction of sp³-hybridized carbons (Fsp3) is 0.300. The summed E-state index contributed by atoms with van der Waals surface area (Å²) in [6, 6.07) is 2.44. The van der Waals surface area contributed by atoms with Crippen molar-refractivity contribution in [1.82, 2.24) is 9.88 Å². The fourth-order valence-corrected chi connectivity index (χ4v) is 4.38. The van der Waals surface area contributed by atoms with Crippen molar-refractivity contribution in [3.63, 3.8) is 0 Å². The van der Waals surface area contributed by atoms with E-state index in [1.165, 1.54) is 13.0 Å². The van der Waals surface area contributed by atoms with Crippen LogP contribution in [-0.4, -0.2) is 33.6 Å². The van der Waals surface area contributed by atoms with Crippen LogP contribution in [0.5, 0.6) is 0 Å². The van der Waals surface area contributed by atoms with Crippen LogP contribution in [0.4, 0.5) is 13.9 Å². The summed E-state index contributed by atoms with van der Waals surface area (Å²) in [5.41, 5.74) is 0.748. The minimum Gasteiger partial charge on any atom is -0.300 e. The highest BCUT2D eigenvalue weighted by Crippen LogP contribution is 2.36. The molecule has 0 radical (unpaired) electrons. The van der Waals surface area contributed by atoms with E-state index in [1.54, 1.807) is 5.38 Å². The summed E-state index contributed by atoms with van der Waals surface area (Å²) in [5, 5.41) is 4.43. The Bertz CT molecular complexity index is 1010. The number of carbonyl (C=O) groups excluding carboxylic acids is 3. The molecular formula is C20H17F2N3O3S. The molecule has 0 unspecified atom stereocenters. The van der Waals surface area contributed by atoms with Gasteiger partial charge in [0.05, 0.1) is 17.5 Å². The Labute approximate surface area is 169 Å². The number of allylic oxidation sites excluding steroid dienone is 2. The average molecular weight is 417 g/mol. The first-order chi connectivity index (χ1) is 13.9. The van der Waals surface area contributed by atoms with Crippen LogP contribution in [0.3, 0.4) is 0 Å². The number of hydrogen-bond donors (Lipinski definition) is 1. The van der Waals surface area contributed by atoms with Gasteiger partial charge in [0.2, 0.25) is 17.7 Å². The molecule has 1 N–H and O–H groups in total. The molecule has 1 aromatic carbocycles. The maximum absolute atomic E-state index is 13.4. The van der Waals surface area contributed by atoms with Crippen LogP contribution in [0.15, 0.2) is 35.7 Å². The van der Waals surface area contributed by atoms with Crippen LogP contribution in [-0.2, 0) is 14.4 Å². The molecule has 1 saturated heterocycles. The Morgan fingerprint density at radius 2 is 1.83 bits per heavy atom. The molecule has 1 fully saturated rings. The largest absolute Gasteiger partial charge is 0.300 e. The highest BCUT2D eigenvalue weighted by atomic mass is 32.1. The van der Waals surface area contributed by atoms with Crippen molar-refractivity contribution in [2.24, 2.45) is 11.8 Å². The second-order valence-electron chi connectivity index (χ2n) is 7.03. The highest BCUT2D eigenvalue weighted by Gasteiger charge is 2.50. The van der Waals surface area contributed by atoms with Gasteiger partial charge < -0.3 is 5.32 Å². The Morgan fingerprint density at radius 3 is 2.45 bits per heavy atom. The number of rotatable bonds is 4. The quantitative estimate of drug-likeness (QED) is 0.611. The predicted molar refractivity (Wildman–Crippen MR) is 103 cm³/mol. The number of amides is 3. The van der Waals surface area contributed by atoms with E-state index in [0.717, 1.165) is 28.4 Å². The molecule has 4 rings (SSSR count). The molecule has 150 valence electrons. The zero-order valence-electron chi connectivity index (χ0n) is 15.4. The molecule has 0 saturated carbocycles. The van der Waals surface area contributed by atoms with E-state index in [4.69, 9.17) is 0 Å². The number of thiazole rings is 1. The van der Waals surface area contributed by atoms with Gasteiger partial charge in [0.25, 0.3) is 0 Å². The molecule has 0 bridgehead atoms. The second kappa shape index (κ2) is 7.47. The van der Waals surface area contributed by atoms with Gasteiger partial charge in [-0.15, -0.1) is 11.3 Å². The number of aromatic nitrogens is 1. The number of nitrogens with one attached hydrogen (secondary N) is 1. The molecule has 3 amide bonds. The van der Waals surface area contributed by atoms with E-state index in [-0.39, 0.29) is 16.9 Å². The van der Waals surface area contributed by atoms with Crippen molar-refractivity contribution < 1.29 is 23.2 Å². The van der Waals surface area contributed by atoms with Crippen LogP contribution in [0.1, 0.15) is 19.8 Å². The normalized spacial score (nSPS) is 22.0. The lowest BCUT2D eigenvalue weighted by Crippen LogP contribution is -2.46. The van der Waals surface area contributed by atoms with Crippen molar-refractivity contribution >= 4 is 34.2 Å². The van der Waals surface area contributed by atoms with E-state index >= 15 is 0 Å². The minimum absolute atomic E-state index is 0.236. The average Bonchev–Trinajstić information content (AvgIpc) is 3.27. The van der Waals surface area contributed by atoms with Crippen LogP contribution in [0.25, 0.3) is 11.3 Å². The molecule has 9 heteroatoms. The van der Waals surface area contributed by atoms with Gasteiger partial charge in [0.15, 0.2) is 16.8 Å². The number of fused-ring (bicyclic) bond motifs is 1. The number of anilines is 1. The molecule has 2 heterocycles. The smallest absolute Gasteiger partial charge is 0.249 e. The lowest BCUT2D eigenvalue weighted by atomic mass is 9.85. The third-order valence-corrected chi connectivity index (χ3v) is 6.02. The number of carbonyl (C=O) groups is 3. The number of likely N-dealkylation sites (tertiary alicyclic amines) is 1. The van der Waals surface area contributed by atoms with E-state index < -0.39 is 35.4 Å². The third kappa shape index (κ3) is 3.46. The van der Waals surface area contributed by atoms with Crippen molar-refractivity contribution in [3.8, 4) is 11.3 Å². The Morgan fingerprint density at radius 1 is 1.17 bits per heavy atom. The maximum Gasteiger partial charge on any atom is 0.249 e. The Hall–Kier alpha value is -2.94. The summed E-state index contributed by atoms with van der Waals surface area (Å²) in [6.45, 7) is 1.50. The van der Waals surface area contributed by atoms with Crippen LogP contribution >= 0.6 is 11.3 Å². The summed E-state index contributed by atoms with van der Waals surface area (Å²) in [4.78, 5) is 43.1. The van der Waals surface area contributed by atoms with Crippen molar-refractivity contribution in [3.05, 3.63) is 47.4 Å². The Kier molecular flexibility index (Phi) is 4.99. The minimum atomic E-state index is -0.989. The molecule has 1 aliphatic carbocycles. The zero-order valence-corrected chi connectivity index (χ0v) is 16.2. The SMILES string of the molecule is C[C@@H](C(=O)Nc1nc(-c2ccc(F)c(F)c2)cs1)N1C(=O)[C@@H]2CC=CC[C@H]2C1=O. The number of halogens is 2. The van der Waals surface area contributed by atoms with Crippen molar-refractivity contribution in [2.75, 3.05) is 5.32 Å². The molecule has 6 nitrogen and oxygen atoms in total. The first-order valence-corrected chi connectivity index (χ1v) is 9.98. The van der Waals surface area contributed by atoms with Gasteiger partial charge in [-0.1, -0.05) is 12.2 Å². The van der Waals surface area contributed by atoms with E-state index in [1.807, 2.05) is 12.2 Å². The standard InChI is InChI=1S/C20H17F2N3O3S/c1-10(25-18(27)12-4-2-3-5-13(12)19(25)28)17(26)24-20-23-16(9-29-20)11-6-7-14(21)15(22)8-11/h2-3,6-10,12-13H,4-5H2,1H3,(H,23,24,26)/t10-,12+,13+/m0/s1. The van der Waals surface area contributed by atoms with Gasteiger partial charge >= 0.3 is 0 Å². The van der Waals surface area contributed by atoms with Gasteiger partial charge in [-0.3, -0.25) is 19.3 Å². The van der Waals surface area contributed by atoms with Gasteiger partial charge in [0.1, 0.15) is 6.04 Å². The summed E-state index contributed by atoms with van der Waals surface area (Å²) < 4.78 is 26.5. The lowest BCUT2D eigenvalue weighted by molar-refractivity contribution is -0.146. The monoisotopic (exact) mass is 417 g/mol. The molecule has 1 aromatic heterocycles. The highest BCUT2D eigenvalue weighted by molar-refractivity contribution is 7.14. The van der Waals surface area contributed by atoms with Gasteiger partial charge in [-0.2, -0.15) is 0 Å². The first kappa shape index (κ1) is 19.4. The predicted octanol–water partition coefficient (Wildman–Crippen LogP) is 3.37. The number of imide groups is 1. The third-order valence-electron chi connectivity index (χ3n) is 5.26. The van der Waals surface area contributed by atoms with E-state index in [0.29, 0.717) is 24.1 Å². The van der Waals surface area contributed by atoms with Gasteiger partial charge in [-0.05, 0) is 38.0 Å². The molecule has 0 spiro atoms. The summed E-state index contributed by atoms with van der Waals surface area (Å²) in [7, 11) is 0. The number of hydrogen-bond acceptors (Lipinski definition) is 5. The maximum atomic E-state index is 13.4. The summed E-state index contributed by atoms with van der Waals surface area (Å²) >= 11 is 1.11. The van der Waals surface area contributed by atoms with Gasteiger partial charge in [-0.25, -0.2) is 13.8 Å². The lowest BCUT2D eigenvalue weighted by Gasteiger charge is -2.21. The van der Waals surface area contributed by atoms with Crippen molar-refractivity contribution in [1.29, 1.82) is 0 Å². The molecule has 1 aliphatic heterocycles. The Balaban J connectivity index is 1.47. The second-order valence-corrected chi connectivity index (χ2v) is 7.89. The summed E-state index contributed by atoms with van der Waals surface area (Å²) in [6.07, 6.45) is 4.78. The van der Waals surface area contributed by atoms with Crippen LogP contribution < -0.4 is 5.32 Å². The number of nitrogens with zero attached hydrogens (tertiary/aromatic N) is 2. The number of benzene rings is 1. The molecule has 2 aliphatic rings. The first-order valence-electron chi connectivity index (χ1n) is 9.10. The molecule has 29 heavy (non-hydrogen) atoms.